The molecule has 1 saturated carbocycles. The van der Waals surface area contributed by atoms with Crippen LogP contribution in [0.15, 0.2) is 36.5 Å². The topological polar surface area (TPSA) is 63.8 Å². The molecule has 1 aliphatic carbocycles. The molecule has 23 heavy (non-hydrogen) atoms. The van der Waals surface area contributed by atoms with Crippen LogP contribution in [0.25, 0.3) is 0 Å². The van der Waals surface area contributed by atoms with Gasteiger partial charge in [-0.05, 0) is 24.8 Å². The third kappa shape index (κ3) is 4.46. The lowest BCUT2D eigenvalue weighted by molar-refractivity contribution is 0.749. The number of aryl methyl sites for hydroxylation is 1. The highest BCUT2D eigenvalue weighted by Crippen LogP contribution is 2.23. The Labute approximate surface area is 137 Å². The van der Waals surface area contributed by atoms with Gasteiger partial charge < -0.3 is 11.1 Å². The highest BCUT2D eigenvalue weighted by Gasteiger charge is 2.16. The Morgan fingerprint density at radius 3 is 2.74 bits per heavy atom. The van der Waals surface area contributed by atoms with Crippen LogP contribution in [0.3, 0.4) is 0 Å². The largest absolute Gasteiger partial charge is 0.368 e. The fourth-order valence-corrected chi connectivity index (χ4v) is 2.87. The van der Waals surface area contributed by atoms with E-state index in [4.69, 9.17) is 5.73 Å². The molecule has 0 saturated heterocycles. The summed E-state index contributed by atoms with van der Waals surface area (Å²) in [6, 6.07) is 10.9. The summed E-state index contributed by atoms with van der Waals surface area (Å²) < 4.78 is 0. The molecular weight excluding hydrogens is 284 g/mol. The summed E-state index contributed by atoms with van der Waals surface area (Å²) in [4.78, 5) is 8.40. The number of nitrogens with zero attached hydrogens (tertiary/aromatic N) is 2. The van der Waals surface area contributed by atoms with Crippen LogP contribution in [-0.2, 0) is 6.42 Å². The number of nitrogens with two attached hydrogens (primary N) is 1. The van der Waals surface area contributed by atoms with Gasteiger partial charge in [0, 0.05) is 12.5 Å². The first-order valence-electron chi connectivity index (χ1n) is 8.23. The van der Waals surface area contributed by atoms with Crippen LogP contribution in [0.5, 0.6) is 0 Å². The second kappa shape index (κ2) is 7.64. The molecule has 1 fully saturated rings. The van der Waals surface area contributed by atoms with Crippen LogP contribution in [0.1, 0.15) is 43.2 Å². The first-order chi connectivity index (χ1) is 11.3. The van der Waals surface area contributed by atoms with Gasteiger partial charge in [-0.15, -0.1) is 0 Å². The lowest BCUT2D eigenvalue weighted by Crippen LogP contribution is -2.17. The summed E-state index contributed by atoms with van der Waals surface area (Å²) in [6.45, 7) is 0. The van der Waals surface area contributed by atoms with E-state index >= 15 is 0 Å². The minimum absolute atomic E-state index is 0.292. The van der Waals surface area contributed by atoms with E-state index in [-0.39, 0.29) is 0 Å². The molecule has 118 valence electrons. The minimum atomic E-state index is 0.292. The third-order valence-corrected chi connectivity index (χ3v) is 4.11. The number of aromatic nitrogens is 2. The Kier molecular flexibility index (Phi) is 5.10. The van der Waals surface area contributed by atoms with Gasteiger partial charge in [0.25, 0.3) is 0 Å². The summed E-state index contributed by atoms with van der Waals surface area (Å²) >= 11 is 0. The van der Waals surface area contributed by atoms with E-state index in [9.17, 15) is 0 Å². The zero-order valence-corrected chi connectivity index (χ0v) is 13.3. The molecule has 2 aromatic rings. The van der Waals surface area contributed by atoms with E-state index in [0.29, 0.717) is 12.0 Å². The fraction of sp³-hybridized carbons (Fsp3) is 0.368. The molecule has 1 aromatic carbocycles. The van der Waals surface area contributed by atoms with Crippen molar-refractivity contribution in [1.82, 2.24) is 9.97 Å². The smallest absolute Gasteiger partial charge is 0.222 e. The molecule has 0 atom stereocenters. The maximum Gasteiger partial charge on any atom is 0.222 e. The van der Waals surface area contributed by atoms with Crippen LogP contribution in [0, 0.1) is 11.8 Å². The fourth-order valence-electron chi connectivity index (χ4n) is 2.87. The number of hydrogen-bond donors (Lipinski definition) is 2. The lowest BCUT2D eigenvalue weighted by atomic mass is 10.1. The molecule has 0 radical (unpaired) electrons. The van der Waals surface area contributed by atoms with Crippen molar-refractivity contribution in [2.75, 3.05) is 11.1 Å². The highest BCUT2D eigenvalue weighted by molar-refractivity contribution is 5.55. The van der Waals surface area contributed by atoms with Crippen molar-refractivity contribution >= 4 is 11.8 Å². The molecular formula is C19H22N4. The molecule has 0 spiro atoms. The predicted octanol–water partition coefficient (Wildman–Crippen LogP) is 3.40. The van der Waals surface area contributed by atoms with Gasteiger partial charge in [0.15, 0.2) is 0 Å². The van der Waals surface area contributed by atoms with Crippen LogP contribution >= 0.6 is 0 Å². The zero-order valence-electron chi connectivity index (χ0n) is 13.3. The molecule has 4 heteroatoms. The first-order valence-corrected chi connectivity index (χ1v) is 8.23. The van der Waals surface area contributed by atoms with Crippen molar-refractivity contribution in [2.45, 2.75) is 44.6 Å². The van der Waals surface area contributed by atoms with Gasteiger partial charge in [-0.25, -0.2) is 4.98 Å². The number of nitrogens with one attached hydrogen (secondary N) is 1. The van der Waals surface area contributed by atoms with Gasteiger partial charge in [-0.2, -0.15) is 4.98 Å². The van der Waals surface area contributed by atoms with Crippen LogP contribution < -0.4 is 11.1 Å². The quantitative estimate of drug-likeness (QED) is 0.850. The van der Waals surface area contributed by atoms with Crippen molar-refractivity contribution in [3.63, 3.8) is 0 Å². The average Bonchev–Trinajstić information content (AvgIpc) is 3.07. The van der Waals surface area contributed by atoms with Crippen molar-refractivity contribution in [3.05, 3.63) is 47.7 Å². The number of hydrogen-bond acceptors (Lipinski definition) is 4. The van der Waals surface area contributed by atoms with Gasteiger partial charge in [-0.3, -0.25) is 0 Å². The molecule has 1 aliphatic rings. The van der Waals surface area contributed by atoms with Crippen molar-refractivity contribution < 1.29 is 0 Å². The van der Waals surface area contributed by atoms with E-state index in [2.05, 4.69) is 51.4 Å². The normalized spacial score (nSPS) is 14.3. The Balaban J connectivity index is 1.66. The summed E-state index contributed by atoms with van der Waals surface area (Å²) in [7, 11) is 0. The number of benzene rings is 1. The standard InChI is InChI=1S/C19H22N4/c20-19-21-14-16(18(23-19)22-17-12-6-7-13-17)11-5-4-10-15-8-2-1-3-9-15/h1-3,8-9,14,17H,4,6-7,10,12-13H2,(H3,20,21,22,23). The van der Waals surface area contributed by atoms with E-state index in [1.165, 1.54) is 31.2 Å². The highest BCUT2D eigenvalue weighted by atomic mass is 15.1. The summed E-state index contributed by atoms with van der Waals surface area (Å²) in [5.74, 6) is 7.48. The molecule has 3 N–H and O–H groups in total. The first kappa shape index (κ1) is 15.4. The third-order valence-electron chi connectivity index (χ3n) is 4.11. The molecule has 0 unspecified atom stereocenters. The minimum Gasteiger partial charge on any atom is -0.368 e. The molecule has 0 amide bonds. The van der Waals surface area contributed by atoms with Crippen LogP contribution in [0.4, 0.5) is 11.8 Å². The molecule has 4 nitrogen and oxygen atoms in total. The van der Waals surface area contributed by atoms with Crippen molar-refractivity contribution in [1.29, 1.82) is 0 Å². The molecule has 0 bridgehead atoms. The van der Waals surface area contributed by atoms with E-state index < -0.39 is 0 Å². The number of nitrogen functional groups attached to an aromatic ring is 1. The van der Waals surface area contributed by atoms with Gasteiger partial charge >= 0.3 is 0 Å². The van der Waals surface area contributed by atoms with E-state index in [0.717, 1.165) is 24.2 Å². The zero-order chi connectivity index (χ0) is 15.9. The SMILES string of the molecule is Nc1ncc(C#CCCc2ccccc2)c(NC2CCCC2)n1. The summed E-state index contributed by atoms with van der Waals surface area (Å²) in [6.07, 6.45) is 8.41. The molecule has 1 aromatic heterocycles. The molecule has 0 aliphatic heterocycles. The van der Waals surface area contributed by atoms with Gasteiger partial charge in [0.2, 0.25) is 5.95 Å². The maximum absolute atomic E-state index is 5.72. The monoisotopic (exact) mass is 306 g/mol. The van der Waals surface area contributed by atoms with Crippen LogP contribution in [0.2, 0.25) is 0 Å². The lowest BCUT2D eigenvalue weighted by Gasteiger charge is -2.13. The Morgan fingerprint density at radius 2 is 1.96 bits per heavy atom. The number of anilines is 2. The Hall–Kier alpha value is -2.54. The maximum atomic E-state index is 5.72. The van der Waals surface area contributed by atoms with Gasteiger partial charge in [0.05, 0.1) is 11.8 Å². The van der Waals surface area contributed by atoms with Crippen molar-refractivity contribution in [2.24, 2.45) is 0 Å². The number of rotatable bonds is 4. The second-order valence-electron chi connectivity index (χ2n) is 5.90. The van der Waals surface area contributed by atoms with Gasteiger partial charge in [-0.1, -0.05) is 55.0 Å². The average molecular weight is 306 g/mol. The second-order valence-corrected chi connectivity index (χ2v) is 5.90. The summed E-state index contributed by atoms with van der Waals surface area (Å²) in [5.41, 5.74) is 7.86. The van der Waals surface area contributed by atoms with E-state index in [1.807, 2.05) is 6.07 Å². The van der Waals surface area contributed by atoms with Gasteiger partial charge in [0.1, 0.15) is 5.82 Å². The van der Waals surface area contributed by atoms with Crippen LogP contribution in [-0.4, -0.2) is 16.0 Å². The summed E-state index contributed by atoms with van der Waals surface area (Å²) in [5, 5.41) is 3.48. The molecule has 3 rings (SSSR count). The Morgan fingerprint density at radius 1 is 1.17 bits per heavy atom. The Bertz CT molecular complexity index is 694. The van der Waals surface area contributed by atoms with Crippen molar-refractivity contribution in [3.8, 4) is 11.8 Å². The molecule has 1 heterocycles. The van der Waals surface area contributed by atoms with E-state index in [1.54, 1.807) is 6.20 Å². The predicted molar refractivity (Wildman–Crippen MR) is 94.0 cm³/mol.